The molecule has 1 atom stereocenters. The highest BCUT2D eigenvalue weighted by molar-refractivity contribution is 7.93. The molecule has 0 fully saturated rings. The Labute approximate surface area is 123 Å². The number of carbonyl (C=O) groups is 2. The van der Waals surface area contributed by atoms with Gasteiger partial charge in [0, 0.05) is 11.4 Å². The molecule has 0 heterocycles. The summed E-state index contributed by atoms with van der Waals surface area (Å²) in [5.41, 5.74) is 6.46. The van der Waals surface area contributed by atoms with Crippen molar-refractivity contribution in [2.45, 2.75) is 19.1 Å². The number of benzene rings is 1. The molecule has 7 nitrogen and oxygen atoms in total. The monoisotopic (exact) mass is 314 g/mol. The first-order chi connectivity index (χ1) is 9.76. The fraction of sp³-hybridized carbons (Fsp3) is 0.385. The van der Waals surface area contributed by atoms with Gasteiger partial charge in [-0.05, 0) is 38.1 Å². The van der Waals surface area contributed by atoms with Gasteiger partial charge in [0.05, 0.1) is 6.61 Å². The molecule has 0 bridgehead atoms. The van der Waals surface area contributed by atoms with E-state index in [2.05, 4.69) is 10.1 Å². The lowest BCUT2D eigenvalue weighted by molar-refractivity contribution is -0.139. The highest BCUT2D eigenvalue weighted by atomic mass is 32.2. The van der Waals surface area contributed by atoms with E-state index in [9.17, 15) is 18.0 Å². The maximum atomic E-state index is 11.9. The maximum absolute atomic E-state index is 11.9. The average molecular weight is 314 g/mol. The predicted molar refractivity (Wildman–Crippen MR) is 79.4 cm³/mol. The number of esters is 1. The zero-order chi connectivity index (χ0) is 16.0. The second-order valence-electron chi connectivity index (χ2n) is 4.37. The van der Waals surface area contributed by atoms with Crippen molar-refractivity contribution in [1.82, 2.24) is 0 Å². The summed E-state index contributed by atoms with van der Waals surface area (Å²) in [6.45, 7) is 2.88. The second kappa shape index (κ2) is 7.07. The van der Waals surface area contributed by atoms with Crippen molar-refractivity contribution in [3.8, 4) is 0 Å². The van der Waals surface area contributed by atoms with Crippen molar-refractivity contribution in [2.75, 3.05) is 23.4 Å². The van der Waals surface area contributed by atoms with E-state index in [0.29, 0.717) is 11.4 Å². The fourth-order valence-electron chi connectivity index (χ4n) is 1.47. The summed E-state index contributed by atoms with van der Waals surface area (Å²) in [4.78, 5) is 23.1. The molecule has 0 aliphatic carbocycles. The predicted octanol–water partition coefficient (Wildman–Crippen LogP) is 0.574. The van der Waals surface area contributed by atoms with Gasteiger partial charge in [-0.15, -0.1) is 0 Å². The molecule has 21 heavy (non-hydrogen) atoms. The summed E-state index contributed by atoms with van der Waals surface area (Å²) in [6.07, 6.45) is 0. The molecule has 8 heteroatoms. The molecule has 3 N–H and O–H groups in total. The van der Waals surface area contributed by atoms with Crippen molar-refractivity contribution in [3.05, 3.63) is 24.3 Å². The molecule has 1 unspecified atom stereocenters. The number of rotatable bonds is 6. The van der Waals surface area contributed by atoms with E-state index in [0.717, 1.165) is 0 Å². The number of ether oxygens (including phenoxy) is 1. The van der Waals surface area contributed by atoms with Gasteiger partial charge < -0.3 is 15.8 Å². The van der Waals surface area contributed by atoms with Crippen LogP contribution in [0.1, 0.15) is 13.8 Å². The number of nitrogens with one attached hydrogen (secondary N) is 1. The number of amides is 1. The lowest BCUT2D eigenvalue weighted by atomic mass is 10.3. The molecule has 0 saturated heterocycles. The minimum absolute atomic E-state index is 0.0837. The quantitative estimate of drug-likeness (QED) is 0.586. The number of anilines is 2. The van der Waals surface area contributed by atoms with Gasteiger partial charge in [0.25, 0.3) is 0 Å². The van der Waals surface area contributed by atoms with Gasteiger partial charge in [-0.1, -0.05) is 0 Å². The van der Waals surface area contributed by atoms with E-state index < -0.39 is 32.7 Å². The highest BCUT2D eigenvalue weighted by Crippen LogP contribution is 2.12. The van der Waals surface area contributed by atoms with Gasteiger partial charge in [0.1, 0.15) is 11.0 Å². The number of sulfone groups is 1. The fourth-order valence-corrected chi connectivity index (χ4v) is 2.51. The zero-order valence-electron chi connectivity index (χ0n) is 11.8. The first-order valence-corrected chi connectivity index (χ1v) is 8.01. The molecule has 0 spiro atoms. The first kappa shape index (κ1) is 17.0. The normalized spacial score (nSPS) is 12.5. The number of carbonyl (C=O) groups excluding carboxylic acids is 2. The Morgan fingerprint density at radius 3 is 2.38 bits per heavy atom. The molecule has 1 amide bonds. The van der Waals surface area contributed by atoms with Gasteiger partial charge >= 0.3 is 5.97 Å². The molecule has 0 aliphatic rings. The molecule has 0 aromatic heterocycles. The summed E-state index contributed by atoms with van der Waals surface area (Å²) >= 11 is 0. The third-order valence-corrected chi connectivity index (χ3v) is 4.64. The third-order valence-electron chi connectivity index (χ3n) is 2.71. The summed E-state index contributed by atoms with van der Waals surface area (Å²) in [5, 5.41) is 1.09. The van der Waals surface area contributed by atoms with Gasteiger partial charge in [0.15, 0.2) is 9.84 Å². The largest absolute Gasteiger partial charge is 0.465 e. The topological polar surface area (TPSA) is 116 Å². The minimum atomic E-state index is -3.92. The van der Waals surface area contributed by atoms with E-state index in [4.69, 9.17) is 5.73 Å². The van der Waals surface area contributed by atoms with E-state index in [1.165, 1.54) is 6.92 Å². The van der Waals surface area contributed by atoms with Crippen LogP contribution in [0.5, 0.6) is 0 Å². The van der Waals surface area contributed by atoms with Crippen molar-refractivity contribution in [1.29, 1.82) is 0 Å². The average Bonchev–Trinajstić information content (AvgIpc) is 2.40. The van der Waals surface area contributed by atoms with Gasteiger partial charge in [-0.25, -0.2) is 8.42 Å². The Bertz CT molecular complexity index is 610. The van der Waals surface area contributed by atoms with E-state index in [-0.39, 0.29) is 6.61 Å². The van der Waals surface area contributed by atoms with Gasteiger partial charge in [0.2, 0.25) is 5.91 Å². The standard InChI is InChI=1S/C13H18N2O5S/c1-3-20-12(16)8-21(18,19)9(2)13(17)15-11-6-4-10(14)5-7-11/h4-7,9H,3,8,14H2,1-2H3,(H,15,17). The Kier molecular flexibility index (Phi) is 5.71. The van der Waals surface area contributed by atoms with Crippen LogP contribution in [0.2, 0.25) is 0 Å². The smallest absolute Gasteiger partial charge is 0.321 e. The van der Waals surface area contributed by atoms with Crippen LogP contribution < -0.4 is 11.1 Å². The van der Waals surface area contributed by atoms with Crippen molar-refractivity contribution >= 4 is 33.1 Å². The number of hydrogen-bond acceptors (Lipinski definition) is 6. The SMILES string of the molecule is CCOC(=O)CS(=O)(=O)C(C)C(=O)Nc1ccc(N)cc1. The first-order valence-electron chi connectivity index (χ1n) is 6.30. The number of hydrogen-bond donors (Lipinski definition) is 2. The van der Waals surface area contributed by atoms with Gasteiger partial charge in [-0.3, -0.25) is 9.59 Å². The molecule has 1 rings (SSSR count). The number of nitrogens with two attached hydrogens (primary N) is 1. The summed E-state index contributed by atoms with van der Waals surface area (Å²) in [7, 11) is -3.92. The molecular formula is C13H18N2O5S. The maximum Gasteiger partial charge on any atom is 0.321 e. The zero-order valence-corrected chi connectivity index (χ0v) is 12.6. The Hall–Kier alpha value is -2.09. The van der Waals surface area contributed by atoms with E-state index in [1.54, 1.807) is 31.2 Å². The molecule has 1 aromatic rings. The minimum Gasteiger partial charge on any atom is -0.465 e. The molecular weight excluding hydrogens is 296 g/mol. The van der Waals surface area contributed by atoms with Crippen LogP contribution >= 0.6 is 0 Å². The second-order valence-corrected chi connectivity index (χ2v) is 6.69. The van der Waals surface area contributed by atoms with Crippen molar-refractivity contribution in [3.63, 3.8) is 0 Å². The van der Waals surface area contributed by atoms with Crippen LogP contribution in [0.15, 0.2) is 24.3 Å². The molecule has 1 aromatic carbocycles. The molecule has 0 radical (unpaired) electrons. The van der Waals surface area contributed by atoms with Crippen LogP contribution in [0.3, 0.4) is 0 Å². The van der Waals surface area contributed by atoms with Crippen molar-refractivity contribution in [2.24, 2.45) is 0 Å². The van der Waals surface area contributed by atoms with Crippen LogP contribution in [-0.4, -0.2) is 37.9 Å². The lowest BCUT2D eigenvalue weighted by Crippen LogP contribution is -2.36. The van der Waals surface area contributed by atoms with Gasteiger partial charge in [-0.2, -0.15) is 0 Å². The third kappa shape index (κ3) is 5.07. The number of nitrogen functional groups attached to an aromatic ring is 1. The summed E-state index contributed by atoms with van der Waals surface area (Å²) in [5.74, 6) is -2.41. The van der Waals surface area contributed by atoms with E-state index in [1.807, 2.05) is 0 Å². The van der Waals surface area contributed by atoms with Crippen LogP contribution in [-0.2, 0) is 24.2 Å². The Morgan fingerprint density at radius 2 is 1.86 bits per heavy atom. The van der Waals surface area contributed by atoms with Crippen LogP contribution in [0, 0.1) is 0 Å². The van der Waals surface area contributed by atoms with Crippen LogP contribution in [0.25, 0.3) is 0 Å². The summed E-state index contributed by atoms with van der Waals surface area (Å²) in [6, 6.07) is 6.26. The van der Waals surface area contributed by atoms with Crippen LogP contribution in [0.4, 0.5) is 11.4 Å². The van der Waals surface area contributed by atoms with E-state index >= 15 is 0 Å². The molecule has 0 saturated carbocycles. The lowest BCUT2D eigenvalue weighted by Gasteiger charge is -2.13. The van der Waals surface area contributed by atoms with Crippen molar-refractivity contribution < 1.29 is 22.7 Å². The summed E-state index contributed by atoms with van der Waals surface area (Å²) < 4.78 is 28.4. The Morgan fingerprint density at radius 1 is 1.29 bits per heavy atom. The highest BCUT2D eigenvalue weighted by Gasteiger charge is 2.30. The molecule has 0 aliphatic heterocycles. The molecule has 116 valence electrons. The Balaban J connectivity index is 2.72.